The molecule has 0 aromatic heterocycles. The highest BCUT2D eigenvalue weighted by Crippen LogP contribution is 2.26. The van der Waals surface area contributed by atoms with Gasteiger partial charge in [0.15, 0.2) is 0 Å². The molecule has 1 amide bonds. The minimum absolute atomic E-state index is 0.0639. The Balaban J connectivity index is 2.38. The van der Waals surface area contributed by atoms with Crippen molar-refractivity contribution in [2.24, 2.45) is 0 Å². The molecule has 27 heavy (non-hydrogen) atoms. The molecule has 0 aliphatic heterocycles. The first-order chi connectivity index (χ1) is 12.7. The second kappa shape index (κ2) is 8.71. The summed E-state index contributed by atoms with van der Waals surface area (Å²) >= 11 is 6.14. The van der Waals surface area contributed by atoms with Crippen LogP contribution < -0.4 is 4.31 Å². The van der Waals surface area contributed by atoms with Gasteiger partial charge in [0.2, 0.25) is 0 Å². The van der Waals surface area contributed by atoms with E-state index in [1.54, 1.807) is 7.05 Å². The van der Waals surface area contributed by atoms with E-state index in [0.717, 1.165) is 17.1 Å². The molecule has 0 aliphatic rings. The zero-order chi connectivity index (χ0) is 20.2. The fourth-order valence-electron chi connectivity index (χ4n) is 2.48. The van der Waals surface area contributed by atoms with E-state index in [9.17, 15) is 17.6 Å². The van der Waals surface area contributed by atoms with Crippen LogP contribution in [0.1, 0.15) is 30.1 Å². The van der Waals surface area contributed by atoms with Crippen LogP contribution in [0.2, 0.25) is 5.02 Å². The molecule has 2 rings (SSSR count). The smallest absolute Gasteiger partial charge is 0.264 e. The van der Waals surface area contributed by atoms with Crippen molar-refractivity contribution >= 4 is 33.2 Å². The van der Waals surface area contributed by atoms with Gasteiger partial charge in [0.05, 0.1) is 21.2 Å². The molecule has 0 aliphatic carbocycles. The zero-order valence-electron chi connectivity index (χ0n) is 15.4. The van der Waals surface area contributed by atoms with Gasteiger partial charge in [-0.2, -0.15) is 0 Å². The summed E-state index contributed by atoms with van der Waals surface area (Å²) in [5.74, 6) is -0.797. The number of rotatable bonds is 7. The maximum absolute atomic E-state index is 13.1. The summed E-state index contributed by atoms with van der Waals surface area (Å²) in [7, 11) is -0.919. The maximum atomic E-state index is 13.1. The molecule has 0 heterocycles. The highest BCUT2D eigenvalue weighted by molar-refractivity contribution is 7.92. The summed E-state index contributed by atoms with van der Waals surface area (Å²) in [6.45, 7) is 2.57. The van der Waals surface area contributed by atoms with Crippen LogP contribution in [0.3, 0.4) is 0 Å². The number of halogens is 2. The van der Waals surface area contributed by atoms with Gasteiger partial charge in [-0.1, -0.05) is 24.9 Å². The lowest BCUT2D eigenvalue weighted by atomic mass is 10.2. The number of carbonyl (C=O) groups is 1. The van der Waals surface area contributed by atoms with E-state index in [1.165, 1.54) is 54.4 Å². The van der Waals surface area contributed by atoms with Crippen LogP contribution in [-0.2, 0) is 10.0 Å². The third-order valence-electron chi connectivity index (χ3n) is 4.21. The minimum Gasteiger partial charge on any atom is -0.342 e. The van der Waals surface area contributed by atoms with E-state index in [2.05, 4.69) is 0 Å². The molecule has 8 heteroatoms. The molecule has 0 N–H and O–H groups in total. The van der Waals surface area contributed by atoms with Crippen LogP contribution in [0.15, 0.2) is 47.4 Å². The average molecular weight is 413 g/mol. The van der Waals surface area contributed by atoms with Crippen molar-refractivity contribution in [1.29, 1.82) is 0 Å². The SMILES string of the molecule is CCCCN(C)C(=O)c1cc(S(=O)(=O)N(C)c2ccc(F)cc2)ccc1Cl. The van der Waals surface area contributed by atoms with Crippen LogP contribution >= 0.6 is 11.6 Å². The van der Waals surface area contributed by atoms with E-state index in [4.69, 9.17) is 11.6 Å². The molecule has 0 spiro atoms. The van der Waals surface area contributed by atoms with Crippen molar-refractivity contribution in [2.45, 2.75) is 24.7 Å². The van der Waals surface area contributed by atoms with Gasteiger partial charge in [0.25, 0.3) is 15.9 Å². The highest BCUT2D eigenvalue weighted by Gasteiger charge is 2.24. The lowest BCUT2D eigenvalue weighted by Gasteiger charge is -2.21. The van der Waals surface area contributed by atoms with Gasteiger partial charge in [-0.25, -0.2) is 12.8 Å². The Morgan fingerprint density at radius 2 is 1.74 bits per heavy atom. The molecule has 0 fully saturated rings. The first-order valence-electron chi connectivity index (χ1n) is 8.48. The van der Waals surface area contributed by atoms with Gasteiger partial charge in [0, 0.05) is 20.6 Å². The number of unbranched alkanes of at least 4 members (excludes halogenated alkanes) is 1. The number of hydrogen-bond acceptors (Lipinski definition) is 3. The van der Waals surface area contributed by atoms with Crippen LogP contribution in [0.25, 0.3) is 0 Å². The second-order valence-electron chi connectivity index (χ2n) is 6.17. The summed E-state index contributed by atoms with van der Waals surface area (Å²) in [4.78, 5) is 14.1. The number of hydrogen-bond donors (Lipinski definition) is 0. The molecule has 0 bridgehead atoms. The quantitative estimate of drug-likeness (QED) is 0.685. The fourth-order valence-corrected chi connectivity index (χ4v) is 3.90. The van der Waals surface area contributed by atoms with Crippen molar-refractivity contribution in [1.82, 2.24) is 4.90 Å². The summed E-state index contributed by atoms with van der Waals surface area (Å²) in [5, 5.41) is 0.187. The maximum Gasteiger partial charge on any atom is 0.264 e. The Morgan fingerprint density at radius 1 is 1.11 bits per heavy atom. The molecule has 2 aromatic carbocycles. The van der Waals surface area contributed by atoms with Crippen molar-refractivity contribution in [2.75, 3.05) is 24.9 Å². The minimum atomic E-state index is -3.94. The lowest BCUT2D eigenvalue weighted by Crippen LogP contribution is -2.29. The van der Waals surface area contributed by atoms with Crippen LogP contribution in [0.4, 0.5) is 10.1 Å². The van der Waals surface area contributed by atoms with E-state index in [-0.39, 0.29) is 21.4 Å². The fraction of sp³-hybridized carbons (Fsp3) is 0.316. The molecule has 0 saturated heterocycles. The van der Waals surface area contributed by atoms with E-state index in [0.29, 0.717) is 12.2 Å². The number of benzene rings is 2. The molecular weight excluding hydrogens is 391 g/mol. The Bertz CT molecular complexity index is 917. The van der Waals surface area contributed by atoms with Crippen LogP contribution in [0.5, 0.6) is 0 Å². The molecule has 146 valence electrons. The van der Waals surface area contributed by atoms with Gasteiger partial charge < -0.3 is 4.90 Å². The first-order valence-corrected chi connectivity index (χ1v) is 10.3. The van der Waals surface area contributed by atoms with E-state index < -0.39 is 15.8 Å². The van der Waals surface area contributed by atoms with Crippen molar-refractivity contribution in [3.63, 3.8) is 0 Å². The largest absolute Gasteiger partial charge is 0.342 e. The number of anilines is 1. The molecule has 0 atom stereocenters. The lowest BCUT2D eigenvalue weighted by molar-refractivity contribution is 0.0793. The number of carbonyl (C=O) groups excluding carboxylic acids is 1. The summed E-state index contributed by atoms with van der Waals surface area (Å²) < 4.78 is 39.9. The van der Waals surface area contributed by atoms with Gasteiger partial charge in [-0.15, -0.1) is 0 Å². The Labute approximate surface area is 164 Å². The molecule has 0 radical (unpaired) electrons. The van der Waals surface area contributed by atoms with Crippen molar-refractivity contribution in [3.8, 4) is 0 Å². The highest BCUT2D eigenvalue weighted by atomic mass is 35.5. The average Bonchev–Trinajstić information content (AvgIpc) is 2.65. The number of nitrogens with zero attached hydrogens (tertiary/aromatic N) is 2. The molecule has 2 aromatic rings. The predicted octanol–water partition coefficient (Wildman–Crippen LogP) is 4.18. The second-order valence-corrected chi connectivity index (χ2v) is 8.55. The van der Waals surface area contributed by atoms with E-state index >= 15 is 0 Å². The van der Waals surface area contributed by atoms with Gasteiger partial charge >= 0.3 is 0 Å². The van der Waals surface area contributed by atoms with Crippen molar-refractivity contribution < 1.29 is 17.6 Å². The summed E-state index contributed by atoms with van der Waals surface area (Å²) in [6.07, 6.45) is 1.77. The predicted molar refractivity (Wildman–Crippen MR) is 105 cm³/mol. The normalized spacial score (nSPS) is 11.3. The molecule has 5 nitrogen and oxygen atoms in total. The summed E-state index contributed by atoms with van der Waals surface area (Å²) in [6, 6.07) is 9.12. The van der Waals surface area contributed by atoms with Gasteiger partial charge in [-0.05, 0) is 48.9 Å². The monoisotopic (exact) mass is 412 g/mol. The first kappa shape index (κ1) is 21.2. The Kier molecular flexibility index (Phi) is 6.84. The zero-order valence-corrected chi connectivity index (χ0v) is 17.0. The Morgan fingerprint density at radius 3 is 2.33 bits per heavy atom. The van der Waals surface area contributed by atoms with Crippen molar-refractivity contribution in [3.05, 3.63) is 58.9 Å². The topological polar surface area (TPSA) is 57.7 Å². The van der Waals surface area contributed by atoms with Crippen LogP contribution in [-0.4, -0.2) is 39.9 Å². The number of sulfonamides is 1. The standard InChI is InChI=1S/C19H22ClFN2O3S/c1-4-5-12-22(2)19(24)17-13-16(10-11-18(17)20)27(25,26)23(3)15-8-6-14(21)7-9-15/h6-11,13H,4-5,12H2,1-3H3. The van der Waals surface area contributed by atoms with E-state index in [1.807, 2.05) is 6.92 Å². The van der Waals surface area contributed by atoms with Gasteiger partial charge in [-0.3, -0.25) is 9.10 Å². The molecule has 0 saturated carbocycles. The Hall–Kier alpha value is -2.12. The van der Waals surface area contributed by atoms with Crippen LogP contribution in [0, 0.1) is 5.82 Å². The third kappa shape index (κ3) is 4.78. The number of amides is 1. The third-order valence-corrected chi connectivity index (χ3v) is 6.32. The summed E-state index contributed by atoms with van der Waals surface area (Å²) in [5.41, 5.74) is 0.433. The van der Waals surface area contributed by atoms with Gasteiger partial charge in [0.1, 0.15) is 5.82 Å². The molecule has 0 unspecified atom stereocenters. The molecular formula is C19H22ClFN2O3S.